The Bertz CT molecular complexity index is 278. The molecular weight excluding hydrogens is 254 g/mol. The molecule has 1 aliphatic carbocycles. The van der Waals surface area contributed by atoms with Crippen LogP contribution in [0.2, 0.25) is 0 Å². The number of aliphatic hydroxyl groups is 1. The summed E-state index contributed by atoms with van der Waals surface area (Å²) in [5, 5.41) is 12.1. The minimum atomic E-state index is -0.483. The van der Waals surface area contributed by atoms with Crippen LogP contribution in [-0.2, 0) is 0 Å². The van der Waals surface area contributed by atoms with Gasteiger partial charge in [-0.15, -0.1) is 0 Å². The molecule has 5 nitrogen and oxygen atoms in total. The monoisotopic (exact) mass is 285 g/mol. The average molecular weight is 285 g/mol. The highest BCUT2D eigenvalue weighted by atomic mass is 16.3. The molecule has 1 unspecified atom stereocenters. The summed E-state index contributed by atoms with van der Waals surface area (Å²) in [6, 6.07) is 0.628. The Morgan fingerprint density at radius 2 is 1.95 bits per heavy atom. The van der Waals surface area contributed by atoms with Crippen molar-refractivity contribution in [1.29, 1.82) is 0 Å². The summed E-state index contributed by atoms with van der Waals surface area (Å²) in [6.07, 6.45) is 7.23. The molecule has 0 bridgehead atoms. The second kappa shape index (κ2) is 9.19. The zero-order valence-electron chi connectivity index (χ0n) is 13.3. The van der Waals surface area contributed by atoms with Gasteiger partial charge in [0.2, 0.25) is 0 Å². The van der Waals surface area contributed by atoms with Crippen molar-refractivity contribution in [2.45, 2.75) is 57.6 Å². The molecule has 5 heteroatoms. The highest BCUT2D eigenvalue weighted by Gasteiger charge is 2.17. The van der Waals surface area contributed by atoms with Crippen molar-refractivity contribution in [1.82, 2.24) is 15.1 Å². The second-order valence-electron chi connectivity index (χ2n) is 6.09. The molecule has 0 radical (unpaired) electrons. The molecule has 0 heterocycles. The summed E-state index contributed by atoms with van der Waals surface area (Å²) in [6.45, 7) is 3.78. The van der Waals surface area contributed by atoms with Crippen LogP contribution in [0.15, 0.2) is 0 Å². The first kappa shape index (κ1) is 17.2. The van der Waals surface area contributed by atoms with Gasteiger partial charge >= 0.3 is 6.03 Å². The predicted octanol–water partition coefficient (Wildman–Crippen LogP) is 1.66. The van der Waals surface area contributed by atoms with Crippen molar-refractivity contribution in [3.05, 3.63) is 0 Å². The molecular formula is C15H31N3O2. The van der Waals surface area contributed by atoms with Crippen LogP contribution in [0.5, 0.6) is 0 Å². The van der Waals surface area contributed by atoms with Crippen LogP contribution in [0, 0.1) is 0 Å². The first-order valence-electron chi connectivity index (χ1n) is 7.88. The van der Waals surface area contributed by atoms with Crippen LogP contribution in [0.25, 0.3) is 0 Å². The molecule has 20 heavy (non-hydrogen) atoms. The van der Waals surface area contributed by atoms with Crippen LogP contribution in [0.1, 0.15) is 45.4 Å². The Morgan fingerprint density at radius 3 is 2.55 bits per heavy atom. The summed E-state index contributed by atoms with van der Waals surface area (Å²) >= 11 is 0. The van der Waals surface area contributed by atoms with Crippen molar-refractivity contribution in [2.24, 2.45) is 0 Å². The maximum atomic E-state index is 11.7. The lowest BCUT2D eigenvalue weighted by molar-refractivity contribution is 0.143. The van der Waals surface area contributed by atoms with Gasteiger partial charge in [-0.25, -0.2) is 4.79 Å². The minimum Gasteiger partial charge on any atom is -0.392 e. The molecule has 2 amide bonds. The summed E-state index contributed by atoms with van der Waals surface area (Å²) < 4.78 is 0. The van der Waals surface area contributed by atoms with E-state index in [1.165, 1.54) is 37.0 Å². The molecule has 1 rings (SSSR count). The number of aliphatic hydroxyl groups excluding tert-OH is 1. The van der Waals surface area contributed by atoms with E-state index in [-0.39, 0.29) is 6.03 Å². The van der Waals surface area contributed by atoms with E-state index in [0.29, 0.717) is 13.1 Å². The van der Waals surface area contributed by atoms with E-state index < -0.39 is 6.10 Å². The Balaban J connectivity index is 2.09. The Hall–Kier alpha value is -0.810. The third kappa shape index (κ3) is 6.57. The Labute approximate surface area is 123 Å². The van der Waals surface area contributed by atoms with E-state index >= 15 is 0 Å². The van der Waals surface area contributed by atoms with E-state index in [2.05, 4.69) is 17.3 Å². The van der Waals surface area contributed by atoms with Gasteiger partial charge in [-0.2, -0.15) is 0 Å². The summed E-state index contributed by atoms with van der Waals surface area (Å²) in [4.78, 5) is 15.7. The normalized spacial score (nSPS) is 18.1. The topological polar surface area (TPSA) is 55.8 Å². The molecule has 0 aromatic carbocycles. The van der Waals surface area contributed by atoms with Gasteiger partial charge in [0.05, 0.1) is 6.10 Å². The summed E-state index contributed by atoms with van der Waals surface area (Å²) in [5.74, 6) is 0. The number of carbonyl (C=O) groups is 1. The predicted molar refractivity (Wildman–Crippen MR) is 81.8 cm³/mol. The highest BCUT2D eigenvalue weighted by Crippen LogP contribution is 2.21. The van der Waals surface area contributed by atoms with Crippen molar-refractivity contribution in [2.75, 3.05) is 33.7 Å². The van der Waals surface area contributed by atoms with E-state index in [0.717, 1.165) is 19.0 Å². The van der Waals surface area contributed by atoms with Crippen molar-refractivity contribution in [3.63, 3.8) is 0 Å². The third-order valence-corrected chi connectivity index (χ3v) is 4.05. The fourth-order valence-electron chi connectivity index (χ4n) is 2.84. The second-order valence-corrected chi connectivity index (χ2v) is 6.09. The van der Waals surface area contributed by atoms with Crippen LogP contribution in [0.3, 0.4) is 0 Å². The lowest BCUT2D eigenvalue weighted by Crippen LogP contribution is -2.42. The minimum absolute atomic E-state index is 0.105. The molecule has 1 saturated carbocycles. The van der Waals surface area contributed by atoms with Crippen LogP contribution >= 0.6 is 0 Å². The van der Waals surface area contributed by atoms with Gasteiger partial charge in [-0.1, -0.05) is 19.3 Å². The van der Waals surface area contributed by atoms with E-state index in [9.17, 15) is 9.90 Å². The van der Waals surface area contributed by atoms with Crippen molar-refractivity contribution < 1.29 is 9.90 Å². The van der Waals surface area contributed by atoms with E-state index in [1.807, 2.05) is 0 Å². The lowest BCUT2D eigenvalue weighted by atomic mass is 9.94. The molecule has 1 fully saturated rings. The maximum absolute atomic E-state index is 11.7. The molecule has 118 valence electrons. The smallest absolute Gasteiger partial charge is 0.317 e. The largest absolute Gasteiger partial charge is 0.392 e. The number of nitrogens with zero attached hydrogens (tertiary/aromatic N) is 2. The maximum Gasteiger partial charge on any atom is 0.317 e. The highest BCUT2D eigenvalue weighted by molar-refractivity contribution is 5.73. The fraction of sp³-hybridized carbons (Fsp3) is 0.933. The lowest BCUT2D eigenvalue weighted by Gasteiger charge is -2.31. The van der Waals surface area contributed by atoms with Gasteiger partial charge in [0.15, 0.2) is 0 Å². The van der Waals surface area contributed by atoms with Gasteiger partial charge in [-0.3, -0.25) is 0 Å². The van der Waals surface area contributed by atoms with Gasteiger partial charge in [0.1, 0.15) is 0 Å². The zero-order chi connectivity index (χ0) is 15.0. The number of likely N-dealkylation sites (N-methyl/N-ethyl adjacent to an activating group) is 1. The molecule has 1 aliphatic rings. The Kier molecular flexibility index (Phi) is 7.92. The van der Waals surface area contributed by atoms with E-state index in [4.69, 9.17) is 0 Å². The number of amides is 2. The standard InChI is InChI=1S/C15H31N3O2/c1-13(19)12-18(3)15(20)16-10-7-11-17(2)14-8-5-4-6-9-14/h13-14,19H,4-12H2,1-3H3,(H,16,20). The molecule has 0 saturated heterocycles. The van der Waals surface area contributed by atoms with Crippen molar-refractivity contribution >= 4 is 6.03 Å². The summed E-state index contributed by atoms with van der Waals surface area (Å²) in [7, 11) is 3.90. The van der Waals surface area contributed by atoms with Crippen LogP contribution < -0.4 is 5.32 Å². The molecule has 0 aromatic heterocycles. The van der Waals surface area contributed by atoms with Crippen LogP contribution in [0.4, 0.5) is 4.79 Å². The van der Waals surface area contributed by atoms with Crippen molar-refractivity contribution in [3.8, 4) is 0 Å². The van der Waals surface area contributed by atoms with Crippen LogP contribution in [-0.4, -0.2) is 66.8 Å². The molecule has 0 aromatic rings. The number of hydrogen-bond acceptors (Lipinski definition) is 3. The number of nitrogens with one attached hydrogen (secondary N) is 1. The molecule has 0 aliphatic heterocycles. The average Bonchev–Trinajstić information content (AvgIpc) is 2.43. The first-order chi connectivity index (χ1) is 9.50. The Morgan fingerprint density at radius 1 is 1.30 bits per heavy atom. The third-order valence-electron chi connectivity index (χ3n) is 4.05. The molecule has 0 spiro atoms. The SMILES string of the molecule is CC(O)CN(C)C(=O)NCCCN(C)C1CCCCC1. The fourth-order valence-corrected chi connectivity index (χ4v) is 2.84. The zero-order valence-corrected chi connectivity index (χ0v) is 13.3. The number of carbonyl (C=O) groups excluding carboxylic acids is 1. The quantitative estimate of drug-likeness (QED) is 0.700. The number of rotatable bonds is 7. The van der Waals surface area contributed by atoms with E-state index in [1.54, 1.807) is 14.0 Å². The molecule has 1 atom stereocenters. The molecule has 2 N–H and O–H groups in total. The summed E-state index contributed by atoms with van der Waals surface area (Å²) in [5.41, 5.74) is 0. The van der Waals surface area contributed by atoms with Gasteiger partial charge < -0.3 is 20.2 Å². The van der Waals surface area contributed by atoms with Gasteiger partial charge in [0, 0.05) is 26.2 Å². The van der Waals surface area contributed by atoms with Gasteiger partial charge in [0.25, 0.3) is 0 Å². The first-order valence-corrected chi connectivity index (χ1v) is 7.88. The van der Waals surface area contributed by atoms with Gasteiger partial charge in [-0.05, 0) is 39.8 Å². The number of urea groups is 1. The number of hydrogen-bond donors (Lipinski definition) is 2.